The van der Waals surface area contributed by atoms with E-state index in [1.165, 1.54) is 19.3 Å². The molecule has 5 atom stereocenters. The third kappa shape index (κ3) is 3.75. The molecule has 2 aliphatic carbocycles. The van der Waals surface area contributed by atoms with E-state index in [0.717, 1.165) is 25.7 Å². The summed E-state index contributed by atoms with van der Waals surface area (Å²) in [4.78, 5) is 10.9. The predicted octanol–water partition coefficient (Wildman–Crippen LogP) is 4.87. The number of hydrogen-bond donors (Lipinski definition) is 2. The lowest BCUT2D eigenvalue weighted by molar-refractivity contribution is -0.170. The van der Waals surface area contributed by atoms with Crippen molar-refractivity contribution in [2.24, 2.45) is 28.6 Å². The zero-order chi connectivity index (χ0) is 17.5. The molecule has 3 heteroatoms. The zero-order valence-electron chi connectivity index (χ0n) is 15.7. The monoisotopic (exact) mass is 324 g/mol. The van der Waals surface area contributed by atoms with Gasteiger partial charge in [-0.15, -0.1) is 0 Å². The summed E-state index contributed by atoms with van der Waals surface area (Å²) in [5.74, 6) is 0.424. The van der Waals surface area contributed by atoms with Crippen LogP contribution < -0.4 is 0 Å². The fraction of sp³-hybridized carbons (Fsp3) is 0.950. The Morgan fingerprint density at radius 1 is 1.17 bits per heavy atom. The molecule has 2 aliphatic rings. The molecule has 23 heavy (non-hydrogen) atoms. The quantitative estimate of drug-likeness (QED) is 0.758. The van der Waals surface area contributed by atoms with Gasteiger partial charge in [0.25, 0.3) is 0 Å². The number of carbonyl (C=O) groups is 1. The lowest BCUT2D eigenvalue weighted by Gasteiger charge is -2.61. The Kier molecular flexibility index (Phi) is 5.21. The first-order valence-electron chi connectivity index (χ1n) is 9.43. The SMILES string of the molecule is C[C@H](CCC1C2(C)CCCC(C)(C)C2CC[C@@]1(C)O)CC(=O)O. The van der Waals surface area contributed by atoms with Gasteiger partial charge in [-0.2, -0.15) is 0 Å². The van der Waals surface area contributed by atoms with E-state index in [1.54, 1.807) is 0 Å². The van der Waals surface area contributed by atoms with E-state index in [1.807, 2.05) is 13.8 Å². The molecule has 0 heterocycles. The van der Waals surface area contributed by atoms with Crippen molar-refractivity contribution in [1.29, 1.82) is 0 Å². The molecule has 0 amide bonds. The van der Waals surface area contributed by atoms with E-state index < -0.39 is 11.6 Å². The summed E-state index contributed by atoms with van der Waals surface area (Å²) in [5.41, 5.74) is -0.0670. The molecule has 2 fully saturated rings. The minimum atomic E-state index is -0.712. The molecular weight excluding hydrogens is 288 g/mol. The van der Waals surface area contributed by atoms with Gasteiger partial charge in [-0.25, -0.2) is 0 Å². The van der Waals surface area contributed by atoms with Gasteiger partial charge in [0, 0.05) is 6.42 Å². The van der Waals surface area contributed by atoms with Crippen molar-refractivity contribution in [2.45, 2.75) is 91.6 Å². The van der Waals surface area contributed by atoms with Crippen molar-refractivity contribution in [2.75, 3.05) is 0 Å². The molecule has 0 aliphatic heterocycles. The summed E-state index contributed by atoms with van der Waals surface area (Å²) in [6.07, 6.45) is 7.83. The molecule has 0 aromatic heterocycles. The van der Waals surface area contributed by atoms with Crippen molar-refractivity contribution in [3.05, 3.63) is 0 Å². The van der Waals surface area contributed by atoms with Gasteiger partial charge in [0.15, 0.2) is 0 Å². The fourth-order valence-electron chi connectivity index (χ4n) is 6.12. The highest BCUT2D eigenvalue weighted by atomic mass is 16.4. The third-order valence-corrected chi connectivity index (χ3v) is 7.23. The Morgan fingerprint density at radius 2 is 1.83 bits per heavy atom. The standard InChI is InChI=1S/C20H36O3/c1-14(13-17(21)22)7-8-16-19(4)11-6-10-18(2,3)15(19)9-12-20(16,5)23/h14-16,23H,6-13H2,1-5H3,(H,21,22)/t14-,15?,16?,19?,20-/m1/s1. The first-order chi connectivity index (χ1) is 10.5. The van der Waals surface area contributed by atoms with Crippen molar-refractivity contribution >= 4 is 5.97 Å². The van der Waals surface area contributed by atoms with Gasteiger partial charge in [0.2, 0.25) is 0 Å². The van der Waals surface area contributed by atoms with Crippen LogP contribution in [-0.2, 0) is 4.79 Å². The van der Waals surface area contributed by atoms with Gasteiger partial charge in [-0.3, -0.25) is 4.79 Å². The highest BCUT2D eigenvalue weighted by Crippen LogP contribution is 2.63. The van der Waals surface area contributed by atoms with Crippen molar-refractivity contribution < 1.29 is 15.0 Å². The minimum Gasteiger partial charge on any atom is -0.481 e. The second-order valence-corrected chi connectivity index (χ2v) is 9.63. The van der Waals surface area contributed by atoms with E-state index in [2.05, 4.69) is 20.8 Å². The molecule has 3 unspecified atom stereocenters. The summed E-state index contributed by atoms with van der Waals surface area (Å²) in [6.45, 7) is 11.2. The van der Waals surface area contributed by atoms with Crippen LogP contribution in [0, 0.1) is 28.6 Å². The van der Waals surface area contributed by atoms with Gasteiger partial charge >= 0.3 is 5.97 Å². The van der Waals surface area contributed by atoms with Crippen molar-refractivity contribution in [3.8, 4) is 0 Å². The van der Waals surface area contributed by atoms with E-state index in [0.29, 0.717) is 11.3 Å². The molecule has 0 aromatic rings. The smallest absolute Gasteiger partial charge is 0.303 e. The molecule has 0 aromatic carbocycles. The van der Waals surface area contributed by atoms with Crippen LogP contribution in [0.15, 0.2) is 0 Å². The lowest BCUT2D eigenvalue weighted by atomic mass is 9.45. The van der Waals surface area contributed by atoms with Gasteiger partial charge < -0.3 is 10.2 Å². The second kappa shape index (κ2) is 6.38. The minimum absolute atomic E-state index is 0.184. The Bertz CT molecular complexity index is 440. The molecule has 0 bridgehead atoms. The van der Waals surface area contributed by atoms with Gasteiger partial charge in [-0.05, 0) is 74.0 Å². The normalized spacial score (nSPS) is 41.1. The van der Waals surface area contributed by atoms with Crippen LogP contribution in [0.4, 0.5) is 0 Å². The summed E-state index contributed by atoms with van der Waals surface area (Å²) >= 11 is 0. The van der Waals surface area contributed by atoms with Crippen LogP contribution in [0.1, 0.15) is 86.0 Å². The number of aliphatic carboxylic acids is 1. The second-order valence-electron chi connectivity index (χ2n) is 9.63. The van der Waals surface area contributed by atoms with E-state index in [4.69, 9.17) is 5.11 Å². The van der Waals surface area contributed by atoms with Crippen LogP contribution in [0.3, 0.4) is 0 Å². The molecule has 2 saturated carbocycles. The summed E-state index contributed by atoms with van der Waals surface area (Å²) in [7, 11) is 0. The van der Waals surface area contributed by atoms with Crippen LogP contribution in [0.2, 0.25) is 0 Å². The first-order valence-corrected chi connectivity index (χ1v) is 9.43. The lowest BCUT2D eigenvalue weighted by Crippen LogP contribution is -2.57. The molecule has 134 valence electrons. The van der Waals surface area contributed by atoms with Gasteiger partial charge in [0.1, 0.15) is 0 Å². The summed E-state index contributed by atoms with van der Waals surface area (Å²) < 4.78 is 0. The van der Waals surface area contributed by atoms with Crippen molar-refractivity contribution in [3.63, 3.8) is 0 Å². The first kappa shape index (κ1) is 18.8. The molecular formula is C20H36O3. The number of hydrogen-bond acceptors (Lipinski definition) is 2. The highest BCUT2D eigenvalue weighted by Gasteiger charge is 2.57. The average Bonchev–Trinajstić information content (AvgIpc) is 2.34. The number of rotatable bonds is 5. The van der Waals surface area contributed by atoms with Crippen LogP contribution in [0.25, 0.3) is 0 Å². The number of carboxylic acids is 1. The molecule has 0 radical (unpaired) electrons. The Morgan fingerprint density at radius 3 is 2.43 bits per heavy atom. The molecule has 2 rings (SSSR count). The maximum absolute atomic E-state index is 11.1. The third-order valence-electron chi connectivity index (χ3n) is 7.23. The van der Waals surface area contributed by atoms with Crippen LogP contribution >= 0.6 is 0 Å². The highest BCUT2D eigenvalue weighted by molar-refractivity contribution is 5.66. The number of fused-ring (bicyclic) bond motifs is 1. The summed E-state index contributed by atoms with van der Waals surface area (Å²) in [6, 6.07) is 0. The molecule has 0 spiro atoms. The molecule has 3 nitrogen and oxygen atoms in total. The van der Waals surface area contributed by atoms with Crippen LogP contribution in [-0.4, -0.2) is 21.8 Å². The number of carboxylic acid groups (broad SMARTS) is 1. The number of aliphatic hydroxyl groups is 1. The van der Waals surface area contributed by atoms with E-state index >= 15 is 0 Å². The van der Waals surface area contributed by atoms with Crippen LogP contribution in [0.5, 0.6) is 0 Å². The Hall–Kier alpha value is -0.570. The van der Waals surface area contributed by atoms with Gasteiger partial charge in [-0.1, -0.05) is 34.1 Å². The zero-order valence-corrected chi connectivity index (χ0v) is 15.7. The van der Waals surface area contributed by atoms with Gasteiger partial charge in [0.05, 0.1) is 5.60 Å². The fourth-order valence-corrected chi connectivity index (χ4v) is 6.12. The molecule has 2 N–H and O–H groups in total. The maximum Gasteiger partial charge on any atom is 0.303 e. The topological polar surface area (TPSA) is 57.5 Å². The van der Waals surface area contributed by atoms with Crippen molar-refractivity contribution in [1.82, 2.24) is 0 Å². The van der Waals surface area contributed by atoms with E-state index in [-0.39, 0.29) is 23.7 Å². The summed E-state index contributed by atoms with van der Waals surface area (Å²) in [5, 5.41) is 20.1. The average molecular weight is 325 g/mol. The van der Waals surface area contributed by atoms with E-state index in [9.17, 15) is 9.90 Å². The Balaban J connectivity index is 2.17. The molecule has 0 saturated heterocycles. The maximum atomic E-state index is 11.1. The largest absolute Gasteiger partial charge is 0.481 e. The predicted molar refractivity (Wildman–Crippen MR) is 93.2 cm³/mol. The Labute approximate surface area is 141 Å².